The van der Waals surface area contributed by atoms with Crippen molar-refractivity contribution >= 4 is 23.5 Å². The third kappa shape index (κ3) is 4.11. The Morgan fingerprint density at radius 2 is 1.77 bits per heavy atom. The van der Waals surface area contributed by atoms with Gasteiger partial charge in [-0.25, -0.2) is 0 Å². The van der Waals surface area contributed by atoms with Crippen LogP contribution in [0.2, 0.25) is 0 Å². The summed E-state index contributed by atoms with van der Waals surface area (Å²) in [4.78, 5) is 23.9. The van der Waals surface area contributed by atoms with E-state index in [0.29, 0.717) is 35.2 Å². The van der Waals surface area contributed by atoms with Crippen molar-refractivity contribution in [3.05, 3.63) is 35.9 Å². The summed E-state index contributed by atoms with van der Waals surface area (Å²) in [6, 6.07) is 10.7. The molecule has 3 rings (SSSR count). The van der Waals surface area contributed by atoms with Crippen LogP contribution in [0.25, 0.3) is 0 Å². The van der Waals surface area contributed by atoms with E-state index in [-0.39, 0.29) is 11.7 Å². The quantitative estimate of drug-likeness (QED) is 0.788. The van der Waals surface area contributed by atoms with Crippen LogP contribution >= 0.6 is 11.8 Å². The molecule has 2 saturated heterocycles. The highest BCUT2D eigenvalue weighted by atomic mass is 32.2. The van der Waals surface area contributed by atoms with Gasteiger partial charge in [0.15, 0.2) is 5.78 Å². The Morgan fingerprint density at radius 3 is 2.45 bits per heavy atom. The first kappa shape index (κ1) is 15.6. The SMILES string of the molecule is O=C(CSCC(=O)c1ccccc1)NC1CC2CCC(C1)N2. The summed E-state index contributed by atoms with van der Waals surface area (Å²) in [5.74, 6) is 0.850. The standard InChI is InChI=1S/C17H22N2O2S/c20-16(12-4-2-1-3-5-12)10-22-11-17(21)19-15-8-13-6-7-14(9-15)18-13/h1-5,13-15,18H,6-11H2,(H,19,21). The molecule has 2 heterocycles. The summed E-state index contributed by atoms with van der Waals surface area (Å²) < 4.78 is 0. The number of Topliss-reactive ketones (excluding diaryl/α,β-unsaturated/α-hetero) is 1. The molecule has 118 valence electrons. The van der Waals surface area contributed by atoms with Crippen molar-refractivity contribution in [3.8, 4) is 0 Å². The summed E-state index contributed by atoms with van der Waals surface area (Å²) in [7, 11) is 0. The Hall–Kier alpha value is -1.33. The van der Waals surface area contributed by atoms with Crippen molar-refractivity contribution in [1.29, 1.82) is 0 Å². The zero-order chi connectivity index (χ0) is 15.4. The van der Waals surface area contributed by atoms with Crippen LogP contribution < -0.4 is 10.6 Å². The zero-order valence-corrected chi connectivity index (χ0v) is 13.4. The maximum atomic E-state index is 12.0. The van der Waals surface area contributed by atoms with Crippen LogP contribution in [0.1, 0.15) is 36.0 Å². The van der Waals surface area contributed by atoms with Crippen LogP contribution in [0.15, 0.2) is 30.3 Å². The van der Waals surface area contributed by atoms with Gasteiger partial charge in [0.25, 0.3) is 0 Å². The van der Waals surface area contributed by atoms with Crippen molar-refractivity contribution in [3.63, 3.8) is 0 Å². The minimum atomic E-state index is 0.0529. The molecule has 2 unspecified atom stereocenters. The highest BCUT2D eigenvalue weighted by molar-refractivity contribution is 8.00. The van der Waals surface area contributed by atoms with Crippen LogP contribution in [0.5, 0.6) is 0 Å². The molecular weight excluding hydrogens is 296 g/mol. The average Bonchev–Trinajstić information content (AvgIpc) is 2.87. The number of piperidine rings is 1. The molecule has 1 amide bonds. The molecule has 0 saturated carbocycles. The van der Waals surface area contributed by atoms with E-state index in [1.165, 1.54) is 24.6 Å². The van der Waals surface area contributed by atoms with Gasteiger partial charge in [-0.05, 0) is 25.7 Å². The number of rotatable bonds is 6. The molecule has 0 radical (unpaired) electrons. The van der Waals surface area contributed by atoms with Crippen molar-refractivity contribution in [2.45, 2.75) is 43.8 Å². The van der Waals surface area contributed by atoms with Crippen LogP contribution in [0, 0.1) is 0 Å². The maximum absolute atomic E-state index is 12.0. The van der Waals surface area contributed by atoms with E-state index in [4.69, 9.17) is 0 Å². The number of amides is 1. The lowest BCUT2D eigenvalue weighted by atomic mass is 10.00. The fourth-order valence-electron chi connectivity index (χ4n) is 3.39. The van der Waals surface area contributed by atoms with Crippen LogP contribution in [0.3, 0.4) is 0 Å². The Labute approximate surface area is 135 Å². The second kappa shape index (κ2) is 7.29. The van der Waals surface area contributed by atoms with E-state index >= 15 is 0 Å². The molecular formula is C17H22N2O2S. The van der Waals surface area contributed by atoms with Crippen molar-refractivity contribution in [2.24, 2.45) is 0 Å². The summed E-state index contributed by atoms with van der Waals surface area (Å²) in [5, 5.41) is 6.69. The van der Waals surface area contributed by atoms with E-state index in [1.807, 2.05) is 30.3 Å². The fourth-order valence-corrected chi connectivity index (χ4v) is 4.11. The number of nitrogens with one attached hydrogen (secondary N) is 2. The number of thioether (sulfide) groups is 1. The third-order valence-corrected chi connectivity index (χ3v) is 5.33. The molecule has 1 aromatic rings. The van der Waals surface area contributed by atoms with E-state index < -0.39 is 0 Å². The summed E-state index contributed by atoms with van der Waals surface area (Å²) in [5.41, 5.74) is 0.713. The third-order valence-electron chi connectivity index (χ3n) is 4.40. The first-order valence-electron chi connectivity index (χ1n) is 7.92. The monoisotopic (exact) mass is 318 g/mol. The van der Waals surface area contributed by atoms with Gasteiger partial charge in [0, 0.05) is 23.7 Å². The molecule has 5 heteroatoms. The van der Waals surface area contributed by atoms with Gasteiger partial charge < -0.3 is 10.6 Å². The molecule has 0 aromatic heterocycles. The lowest BCUT2D eigenvalue weighted by Crippen LogP contribution is -2.48. The minimum absolute atomic E-state index is 0.0529. The highest BCUT2D eigenvalue weighted by Gasteiger charge is 2.33. The Balaban J connectivity index is 1.37. The molecule has 2 bridgehead atoms. The topological polar surface area (TPSA) is 58.2 Å². The normalized spacial score (nSPS) is 26.6. The molecule has 2 fully saturated rings. The van der Waals surface area contributed by atoms with Crippen molar-refractivity contribution in [2.75, 3.05) is 11.5 Å². The zero-order valence-electron chi connectivity index (χ0n) is 12.6. The van der Waals surface area contributed by atoms with E-state index in [9.17, 15) is 9.59 Å². The van der Waals surface area contributed by atoms with Gasteiger partial charge in [-0.15, -0.1) is 11.8 Å². The molecule has 22 heavy (non-hydrogen) atoms. The van der Waals surface area contributed by atoms with Crippen LogP contribution in [-0.2, 0) is 4.79 Å². The number of ketones is 1. The molecule has 2 atom stereocenters. The molecule has 2 N–H and O–H groups in total. The summed E-state index contributed by atoms with van der Waals surface area (Å²) >= 11 is 1.39. The molecule has 2 aliphatic rings. The Morgan fingerprint density at radius 1 is 1.09 bits per heavy atom. The average molecular weight is 318 g/mol. The van der Waals surface area contributed by atoms with Gasteiger partial charge in [-0.2, -0.15) is 0 Å². The Bertz CT molecular complexity index is 523. The number of hydrogen-bond donors (Lipinski definition) is 2. The van der Waals surface area contributed by atoms with Crippen molar-refractivity contribution in [1.82, 2.24) is 10.6 Å². The molecule has 0 spiro atoms. The minimum Gasteiger partial charge on any atom is -0.353 e. The summed E-state index contributed by atoms with van der Waals surface area (Å²) in [6.45, 7) is 0. The fraction of sp³-hybridized carbons (Fsp3) is 0.529. The largest absolute Gasteiger partial charge is 0.353 e. The number of benzene rings is 1. The number of carbonyl (C=O) groups excluding carboxylic acids is 2. The van der Waals surface area contributed by atoms with Gasteiger partial charge in [0.2, 0.25) is 5.91 Å². The van der Waals surface area contributed by atoms with Crippen LogP contribution in [-0.4, -0.2) is 41.3 Å². The predicted molar refractivity (Wildman–Crippen MR) is 89.2 cm³/mol. The lowest BCUT2D eigenvalue weighted by Gasteiger charge is -2.29. The van der Waals surface area contributed by atoms with Gasteiger partial charge in [-0.1, -0.05) is 30.3 Å². The van der Waals surface area contributed by atoms with Crippen molar-refractivity contribution < 1.29 is 9.59 Å². The number of carbonyl (C=O) groups is 2. The molecule has 0 aliphatic carbocycles. The highest BCUT2D eigenvalue weighted by Crippen LogP contribution is 2.26. The van der Waals surface area contributed by atoms with E-state index in [2.05, 4.69) is 10.6 Å². The first-order chi connectivity index (χ1) is 10.7. The molecule has 4 nitrogen and oxygen atoms in total. The number of fused-ring (bicyclic) bond motifs is 2. The predicted octanol–water partition coefficient (Wildman–Crippen LogP) is 2.00. The molecule has 2 aliphatic heterocycles. The number of hydrogen-bond acceptors (Lipinski definition) is 4. The van der Waals surface area contributed by atoms with Gasteiger partial charge in [-0.3, -0.25) is 9.59 Å². The lowest BCUT2D eigenvalue weighted by molar-refractivity contribution is -0.119. The first-order valence-corrected chi connectivity index (χ1v) is 9.07. The van der Waals surface area contributed by atoms with Gasteiger partial charge in [0.05, 0.1) is 11.5 Å². The summed E-state index contributed by atoms with van der Waals surface area (Å²) in [6.07, 6.45) is 4.54. The van der Waals surface area contributed by atoms with Crippen LogP contribution in [0.4, 0.5) is 0 Å². The maximum Gasteiger partial charge on any atom is 0.230 e. The van der Waals surface area contributed by atoms with E-state index in [1.54, 1.807) is 0 Å². The Kier molecular flexibility index (Phi) is 5.16. The van der Waals surface area contributed by atoms with Gasteiger partial charge >= 0.3 is 0 Å². The second-order valence-corrected chi connectivity index (χ2v) is 7.14. The molecule has 1 aromatic carbocycles. The smallest absolute Gasteiger partial charge is 0.230 e. The van der Waals surface area contributed by atoms with Gasteiger partial charge in [0.1, 0.15) is 0 Å². The van der Waals surface area contributed by atoms with E-state index in [0.717, 1.165) is 12.8 Å². The second-order valence-electron chi connectivity index (χ2n) is 6.16.